The molecule has 0 aromatic carbocycles. The summed E-state index contributed by atoms with van der Waals surface area (Å²) in [6.45, 7) is 2.01. The van der Waals surface area contributed by atoms with E-state index in [4.69, 9.17) is 5.73 Å². The van der Waals surface area contributed by atoms with Gasteiger partial charge in [0, 0.05) is 13.1 Å². The summed E-state index contributed by atoms with van der Waals surface area (Å²) < 4.78 is 0.488. The number of hydrogen-bond acceptors (Lipinski definition) is 4. The Labute approximate surface area is 71.7 Å². The monoisotopic (exact) mass is 168 g/mol. The Morgan fingerprint density at radius 1 is 1.75 bits per heavy atom. The number of likely N-dealkylation sites (N-methyl/N-ethyl adjacent to an activating group) is 1. The number of nitrogens with zero attached hydrogens (tertiary/aromatic N) is 3. The molecule has 0 aliphatic carbocycles. The summed E-state index contributed by atoms with van der Waals surface area (Å²) in [6, 6.07) is 0. The minimum atomic E-state index is -0.131. The highest BCUT2D eigenvalue weighted by molar-refractivity contribution is 5.89. The van der Waals surface area contributed by atoms with Crippen molar-refractivity contribution in [3.05, 3.63) is 11.8 Å². The van der Waals surface area contributed by atoms with Gasteiger partial charge in [0.25, 0.3) is 12.1 Å². The number of nitrogens with one attached hydrogen (secondary N) is 1. The molecule has 0 saturated heterocycles. The average Bonchev–Trinajstić information content (AvgIpc) is 2.34. The zero-order chi connectivity index (χ0) is 8.93. The van der Waals surface area contributed by atoms with Crippen LogP contribution in [0.4, 0.5) is 0 Å². The van der Waals surface area contributed by atoms with Crippen molar-refractivity contribution < 1.29 is 4.59 Å². The highest BCUT2D eigenvalue weighted by atomic mass is 15.8. The lowest BCUT2D eigenvalue weighted by molar-refractivity contribution is -0.887. The van der Waals surface area contributed by atoms with Crippen molar-refractivity contribution in [3.63, 3.8) is 0 Å². The molecule has 2 unspecified atom stereocenters. The molecule has 66 valence electrons. The molecule has 0 saturated carbocycles. The van der Waals surface area contributed by atoms with Gasteiger partial charge >= 0.3 is 0 Å². The molecule has 12 heavy (non-hydrogen) atoms. The third-order valence-corrected chi connectivity index (χ3v) is 2.40. The Balaban J connectivity index is 2.40. The standard InChI is InChI=1S/C7H14N5/c1-5-4-6-9-11(2)7(8)12(6,3)10-5/h4,7,10H,8H2,1-3H3/q+1. The van der Waals surface area contributed by atoms with Crippen molar-refractivity contribution in [2.24, 2.45) is 10.8 Å². The third-order valence-electron chi connectivity index (χ3n) is 2.40. The van der Waals surface area contributed by atoms with E-state index in [-0.39, 0.29) is 6.29 Å². The quantitative estimate of drug-likeness (QED) is 0.473. The minimum Gasteiger partial charge on any atom is -0.259 e. The van der Waals surface area contributed by atoms with Crippen LogP contribution in [-0.2, 0) is 0 Å². The van der Waals surface area contributed by atoms with Crippen molar-refractivity contribution in [3.8, 4) is 0 Å². The molecule has 0 bridgehead atoms. The Morgan fingerprint density at radius 3 is 3.00 bits per heavy atom. The van der Waals surface area contributed by atoms with Crippen LogP contribution in [0.2, 0.25) is 0 Å². The fraction of sp³-hybridized carbons (Fsp3) is 0.571. The van der Waals surface area contributed by atoms with E-state index < -0.39 is 0 Å². The highest BCUT2D eigenvalue weighted by Crippen LogP contribution is 2.23. The summed E-state index contributed by atoms with van der Waals surface area (Å²) in [7, 11) is 3.89. The first-order valence-corrected chi connectivity index (χ1v) is 3.94. The molecule has 0 fully saturated rings. The van der Waals surface area contributed by atoms with Crippen LogP contribution < -0.4 is 11.2 Å². The van der Waals surface area contributed by atoms with Crippen molar-refractivity contribution in [2.45, 2.75) is 13.2 Å². The lowest BCUT2D eigenvalue weighted by atomic mass is 10.4. The van der Waals surface area contributed by atoms with Gasteiger partial charge in [-0.3, -0.25) is 5.73 Å². The van der Waals surface area contributed by atoms with E-state index >= 15 is 0 Å². The molecule has 0 aromatic rings. The van der Waals surface area contributed by atoms with Gasteiger partial charge in [0.05, 0.1) is 5.70 Å². The maximum Gasteiger partial charge on any atom is 0.273 e. The van der Waals surface area contributed by atoms with Crippen LogP contribution in [0.15, 0.2) is 16.9 Å². The Hall–Kier alpha value is -1.07. The number of fused-ring (bicyclic) bond motifs is 1. The van der Waals surface area contributed by atoms with Gasteiger partial charge in [-0.2, -0.15) is 0 Å². The fourth-order valence-electron chi connectivity index (χ4n) is 1.66. The molecule has 2 aliphatic rings. The third kappa shape index (κ3) is 0.720. The first kappa shape index (κ1) is 7.57. The number of hydrogen-bond donors (Lipinski definition) is 2. The summed E-state index contributed by atoms with van der Waals surface area (Å²) in [5.41, 5.74) is 10.3. The van der Waals surface area contributed by atoms with Crippen molar-refractivity contribution in [2.75, 3.05) is 14.1 Å². The molecule has 3 N–H and O–H groups in total. The maximum atomic E-state index is 5.95. The van der Waals surface area contributed by atoms with Crippen LogP contribution in [0.5, 0.6) is 0 Å². The number of nitrogens with two attached hydrogens (primary N) is 1. The summed E-state index contributed by atoms with van der Waals surface area (Å²) in [5, 5.41) is 6.08. The Kier molecular flexibility index (Phi) is 1.26. The van der Waals surface area contributed by atoms with Crippen molar-refractivity contribution in [1.82, 2.24) is 10.4 Å². The normalized spacial score (nSPS) is 39.0. The van der Waals surface area contributed by atoms with E-state index in [2.05, 4.69) is 10.5 Å². The van der Waals surface area contributed by atoms with Gasteiger partial charge in [0.15, 0.2) is 0 Å². The van der Waals surface area contributed by atoms with E-state index in [1.807, 2.05) is 27.1 Å². The number of quaternary nitrogens is 1. The van der Waals surface area contributed by atoms with Crippen LogP contribution in [0, 0.1) is 0 Å². The van der Waals surface area contributed by atoms with E-state index in [9.17, 15) is 0 Å². The SMILES string of the molecule is CC1=CC2=NN(C)C(N)[N+]2(C)N1. The number of hydrazone groups is 1. The molecule has 0 amide bonds. The predicted molar refractivity (Wildman–Crippen MR) is 46.3 cm³/mol. The average molecular weight is 168 g/mol. The van der Waals surface area contributed by atoms with Gasteiger partial charge in [0.2, 0.25) is 0 Å². The number of allylic oxidation sites excluding steroid dienone is 1. The highest BCUT2D eigenvalue weighted by Gasteiger charge is 2.47. The van der Waals surface area contributed by atoms with Gasteiger partial charge in [-0.1, -0.05) is 0 Å². The van der Waals surface area contributed by atoms with Gasteiger partial charge in [-0.15, -0.1) is 9.69 Å². The van der Waals surface area contributed by atoms with Crippen LogP contribution in [-0.4, -0.2) is 35.8 Å². The second kappa shape index (κ2) is 1.99. The van der Waals surface area contributed by atoms with Gasteiger partial charge in [0.1, 0.15) is 7.05 Å². The second-order valence-corrected chi connectivity index (χ2v) is 3.46. The molecule has 2 rings (SSSR count). The minimum absolute atomic E-state index is 0.131. The Morgan fingerprint density at radius 2 is 2.42 bits per heavy atom. The first-order valence-electron chi connectivity index (χ1n) is 3.94. The summed E-state index contributed by atoms with van der Waals surface area (Å²) in [5.74, 6) is 0.975. The van der Waals surface area contributed by atoms with Crippen molar-refractivity contribution in [1.29, 1.82) is 0 Å². The number of amidine groups is 1. The zero-order valence-corrected chi connectivity index (χ0v) is 7.57. The van der Waals surface area contributed by atoms with Crippen LogP contribution in [0.3, 0.4) is 0 Å². The smallest absolute Gasteiger partial charge is 0.259 e. The van der Waals surface area contributed by atoms with Crippen LogP contribution >= 0.6 is 0 Å². The fourth-order valence-corrected chi connectivity index (χ4v) is 1.66. The molecule has 2 atom stereocenters. The lowest BCUT2D eigenvalue weighted by Crippen LogP contribution is -2.64. The molecular weight excluding hydrogens is 154 g/mol. The largest absolute Gasteiger partial charge is 0.273 e. The van der Waals surface area contributed by atoms with Gasteiger partial charge in [-0.05, 0) is 6.92 Å². The van der Waals surface area contributed by atoms with Crippen LogP contribution in [0.1, 0.15) is 6.92 Å². The predicted octanol–water partition coefficient (Wildman–Crippen LogP) is -0.644. The molecular formula is C7H14N5+. The lowest BCUT2D eigenvalue weighted by Gasteiger charge is -2.30. The summed E-state index contributed by atoms with van der Waals surface area (Å²) >= 11 is 0. The maximum absolute atomic E-state index is 5.95. The molecule has 0 aromatic heterocycles. The topological polar surface area (TPSA) is 53.6 Å². The van der Waals surface area contributed by atoms with E-state index in [1.165, 1.54) is 0 Å². The summed E-state index contributed by atoms with van der Waals surface area (Å²) in [4.78, 5) is 0. The van der Waals surface area contributed by atoms with Crippen LogP contribution in [0.25, 0.3) is 0 Å². The molecule has 0 radical (unpaired) electrons. The van der Waals surface area contributed by atoms with Crippen molar-refractivity contribution >= 4 is 5.84 Å². The van der Waals surface area contributed by atoms with Gasteiger partial charge in [-0.25, -0.2) is 10.4 Å². The van der Waals surface area contributed by atoms with Gasteiger partial charge < -0.3 is 0 Å². The zero-order valence-electron chi connectivity index (χ0n) is 7.57. The molecule has 0 spiro atoms. The molecule has 5 heteroatoms. The second-order valence-electron chi connectivity index (χ2n) is 3.46. The van der Waals surface area contributed by atoms with E-state index in [0.717, 1.165) is 11.5 Å². The summed E-state index contributed by atoms with van der Waals surface area (Å²) in [6.07, 6.45) is 1.89. The Bertz CT molecular complexity index is 282. The molecule has 5 nitrogen and oxygen atoms in total. The first-order chi connectivity index (χ1) is 5.54. The van der Waals surface area contributed by atoms with E-state index in [0.29, 0.717) is 4.59 Å². The molecule has 2 aliphatic heterocycles. The number of rotatable bonds is 0. The molecule has 2 heterocycles. The van der Waals surface area contributed by atoms with E-state index in [1.54, 1.807) is 5.01 Å².